The fourth-order valence-electron chi connectivity index (χ4n) is 7.77. The van der Waals surface area contributed by atoms with Gasteiger partial charge >= 0.3 is 0 Å². The molecule has 5 N–H and O–H groups in total. The number of anilines is 3. The number of ether oxygens (including phenoxy) is 2. The monoisotopic (exact) mass is 848 g/mol. The molecule has 61 heavy (non-hydrogen) atoms. The Balaban J connectivity index is 1.34. The summed E-state index contributed by atoms with van der Waals surface area (Å²) in [6, 6.07) is 5.61. The van der Waals surface area contributed by atoms with Crippen molar-refractivity contribution in [3.05, 3.63) is 29.2 Å². The maximum absolute atomic E-state index is 13.0. The summed E-state index contributed by atoms with van der Waals surface area (Å²) in [5.41, 5.74) is 8.53. The molecular formula is C47H77N9O5. The lowest BCUT2D eigenvalue weighted by Gasteiger charge is -2.36. The van der Waals surface area contributed by atoms with E-state index in [4.69, 9.17) is 15.2 Å². The number of aliphatic hydroxyl groups is 1. The number of unbranched alkanes of at least 4 members (excludes halogenated alkanes) is 15. The van der Waals surface area contributed by atoms with Gasteiger partial charge in [0, 0.05) is 69.6 Å². The van der Waals surface area contributed by atoms with Crippen molar-refractivity contribution in [3.8, 4) is 17.6 Å². The van der Waals surface area contributed by atoms with Gasteiger partial charge < -0.3 is 40.7 Å². The second kappa shape index (κ2) is 30.4. The number of methoxy groups -OCH3 is 2. The third-order valence-electron chi connectivity index (χ3n) is 11.5. The normalized spacial score (nSPS) is 13.3. The minimum Gasteiger partial charge on any atom is -0.496 e. The zero-order valence-electron chi connectivity index (χ0n) is 37.9. The molecule has 1 atom stereocenters. The molecule has 0 spiro atoms. The number of hydrogen-bond donors (Lipinski definition) is 4. The Morgan fingerprint density at radius 2 is 1.43 bits per heavy atom. The number of amides is 2. The SMILES string of the molecule is CCCCCCCCCCCCCCCCCC(=O)NCCCCC(=O)N1CCN(c2cc(OC)c(CN=Cc3nc(C#N)nc(N[C@H](CO)CCC)c3N)c(OC)c2)CC1. The van der Waals surface area contributed by atoms with Crippen molar-refractivity contribution in [3.63, 3.8) is 0 Å². The lowest BCUT2D eigenvalue weighted by atomic mass is 10.0. The fraction of sp³-hybridized carbons (Fsp3) is 0.702. The molecule has 0 unspecified atom stereocenters. The van der Waals surface area contributed by atoms with Crippen molar-refractivity contribution < 1.29 is 24.2 Å². The van der Waals surface area contributed by atoms with Crippen molar-refractivity contribution in [2.45, 2.75) is 161 Å². The standard InChI is InChI=1S/C47H77N9O5/c1-5-7-8-9-10-11-12-13-14-15-16-17-18-19-20-24-44(58)51-26-22-21-25-45(59)56-29-27-55(28-30-56)38-31-41(60-3)39(42(32-38)61-4)34-50-35-40-46(49)47(54-43(33-48)53-40)52-37(36-57)23-6-2/h31-32,35,37,57H,5-30,34,36,49H2,1-4H3,(H,51,58)(H,52,53,54)/t37-/m0/s1. The van der Waals surface area contributed by atoms with Crippen LogP contribution in [0.25, 0.3) is 0 Å². The van der Waals surface area contributed by atoms with Crippen LogP contribution in [0.3, 0.4) is 0 Å². The molecule has 0 radical (unpaired) electrons. The second-order valence-electron chi connectivity index (χ2n) is 16.3. The largest absolute Gasteiger partial charge is 0.496 e. The topological polar surface area (TPSA) is 191 Å². The van der Waals surface area contributed by atoms with E-state index in [0.29, 0.717) is 63.5 Å². The molecule has 14 nitrogen and oxygen atoms in total. The number of hydrogen-bond acceptors (Lipinski definition) is 12. The number of aliphatic hydroxyl groups excluding tert-OH is 1. The number of carbonyl (C=O) groups excluding carboxylic acids is 2. The summed E-state index contributed by atoms with van der Waals surface area (Å²) < 4.78 is 11.6. The number of aromatic nitrogens is 2. The highest BCUT2D eigenvalue weighted by molar-refractivity contribution is 5.88. The molecule has 1 aromatic carbocycles. The van der Waals surface area contributed by atoms with Crippen LogP contribution < -0.4 is 30.7 Å². The van der Waals surface area contributed by atoms with Gasteiger partial charge in [0.1, 0.15) is 28.9 Å². The number of aliphatic imine (C=N–C) groups is 1. The number of piperazine rings is 1. The van der Waals surface area contributed by atoms with Crippen LogP contribution in [-0.2, 0) is 16.1 Å². The highest BCUT2D eigenvalue weighted by atomic mass is 16.5. The van der Waals surface area contributed by atoms with Crippen LogP contribution in [0.1, 0.15) is 166 Å². The van der Waals surface area contributed by atoms with Crippen LogP contribution in [0.4, 0.5) is 17.2 Å². The molecule has 340 valence electrons. The lowest BCUT2D eigenvalue weighted by molar-refractivity contribution is -0.131. The first-order valence-corrected chi connectivity index (χ1v) is 23.3. The zero-order chi connectivity index (χ0) is 44.1. The Labute approximate surface area is 366 Å². The average molecular weight is 848 g/mol. The first-order valence-electron chi connectivity index (χ1n) is 23.3. The molecule has 1 fully saturated rings. The van der Waals surface area contributed by atoms with Crippen LogP contribution in [0.2, 0.25) is 0 Å². The molecular weight excluding hydrogens is 771 g/mol. The van der Waals surface area contributed by atoms with Crippen molar-refractivity contribution in [2.75, 3.05) is 69.5 Å². The van der Waals surface area contributed by atoms with Crippen LogP contribution >= 0.6 is 0 Å². The fourth-order valence-corrected chi connectivity index (χ4v) is 7.77. The van der Waals surface area contributed by atoms with Gasteiger partial charge in [-0.2, -0.15) is 10.2 Å². The van der Waals surface area contributed by atoms with Gasteiger partial charge in [0.2, 0.25) is 17.6 Å². The molecule has 2 heterocycles. The van der Waals surface area contributed by atoms with E-state index in [1.165, 1.54) is 89.7 Å². The highest BCUT2D eigenvalue weighted by Gasteiger charge is 2.23. The predicted molar refractivity (Wildman–Crippen MR) is 247 cm³/mol. The smallest absolute Gasteiger partial charge is 0.234 e. The predicted octanol–water partition coefficient (Wildman–Crippen LogP) is 8.34. The molecule has 1 saturated heterocycles. The van der Waals surface area contributed by atoms with E-state index in [9.17, 15) is 20.0 Å². The number of rotatable bonds is 32. The summed E-state index contributed by atoms with van der Waals surface area (Å²) >= 11 is 0. The summed E-state index contributed by atoms with van der Waals surface area (Å²) in [5.74, 6) is 1.70. The van der Waals surface area contributed by atoms with Gasteiger partial charge in [-0.05, 0) is 25.7 Å². The summed E-state index contributed by atoms with van der Waals surface area (Å²) in [6.45, 7) is 7.57. The third kappa shape index (κ3) is 18.9. The van der Waals surface area contributed by atoms with E-state index < -0.39 is 0 Å². The number of nitrogens with two attached hydrogens (primary N) is 1. The molecule has 14 heteroatoms. The van der Waals surface area contributed by atoms with Gasteiger partial charge in [-0.3, -0.25) is 14.6 Å². The minimum absolute atomic E-state index is 0.0614. The molecule has 1 aliphatic heterocycles. The van der Waals surface area contributed by atoms with E-state index in [1.54, 1.807) is 14.2 Å². The number of carbonyl (C=O) groups is 2. The number of benzene rings is 1. The lowest BCUT2D eigenvalue weighted by Crippen LogP contribution is -2.48. The van der Waals surface area contributed by atoms with Gasteiger partial charge in [0.05, 0.1) is 39.0 Å². The van der Waals surface area contributed by atoms with Gasteiger partial charge in [-0.1, -0.05) is 110 Å². The van der Waals surface area contributed by atoms with Crippen LogP contribution in [0.15, 0.2) is 17.1 Å². The Kier molecular flexibility index (Phi) is 25.3. The van der Waals surface area contributed by atoms with Gasteiger partial charge in [-0.25, -0.2) is 4.98 Å². The average Bonchev–Trinajstić information content (AvgIpc) is 3.28. The van der Waals surface area contributed by atoms with E-state index in [-0.39, 0.29) is 54.0 Å². The molecule has 1 aromatic heterocycles. The molecule has 0 bridgehead atoms. The maximum Gasteiger partial charge on any atom is 0.234 e. The van der Waals surface area contributed by atoms with Crippen molar-refractivity contribution in [2.24, 2.45) is 4.99 Å². The minimum atomic E-state index is -0.260. The van der Waals surface area contributed by atoms with Gasteiger partial charge in [-0.15, -0.1) is 0 Å². The summed E-state index contributed by atoms with van der Waals surface area (Å²) in [4.78, 5) is 42.5. The maximum atomic E-state index is 13.0. The molecule has 2 amide bonds. The quantitative estimate of drug-likeness (QED) is 0.0409. The number of nitrogens with zero attached hydrogens (tertiary/aromatic N) is 6. The summed E-state index contributed by atoms with van der Waals surface area (Å²) in [6.07, 6.45) is 25.4. The van der Waals surface area contributed by atoms with Crippen LogP contribution in [0.5, 0.6) is 11.5 Å². The van der Waals surface area contributed by atoms with E-state index in [2.05, 4.69) is 37.4 Å². The summed E-state index contributed by atoms with van der Waals surface area (Å²) in [7, 11) is 3.20. The molecule has 1 aliphatic rings. The third-order valence-corrected chi connectivity index (χ3v) is 11.5. The van der Waals surface area contributed by atoms with Crippen LogP contribution in [-0.4, -0.2) is 97.6 Å². The Bertz CT molecular complexity index is 1620. The van der Waals surface area contributed by atoms with Crippen molar-refractivity contribution in [1.29, 1.82) is 5.26 Å². The number of nitrogens with one attached hydrogen (secondary N) is 2. The zero-order valence-corrected chi connectivity index (χ0v) is 37.9. The first-order chi connectivity index (χ1) is 29.8. The molecule has 2 aromatic rings. The Hall–Kier alpha value is -4.64. The van der Waals surface area contributed by atoms with Crippen LogP contribution in [0, 0.1) is 11.3 Å². The highest BCUT2D eigenvalue weighted by Crippen LogP contribution is 2.36. The molecule has 0 aliphatic carbocycles. The Morgan fingerprint density at radius 1 is 0.852 bits per heavy atom. The van der Waals surface area contributed by atoms with Gasteiger partial charge in [0.15, 0.2) is 5.82 Å². The number of nitriles is 1. The molecule has 0 saturated carbocycles. The van der Waals surface area contributed by atoms with Gasteiger partial charge in [0.25, 0.3) is 0 Å². The van der Waals surface area contributed by atoms with Crippen molar-refractivity contribution in [1.82, 2.24) is 20.2 Å². The first kappa shape index (κ1) is 50.7. The molecule has 3 rings (SSSR count). The summed E-state index contributed by atoms with van der Waals surface area (Å²) in [5, 5.41) is 25.4. The van der Waals surface area contributed by atoms with E-state index in [1.807, 2.05) is 30.0 Å². The van der Waals surface area contributed by atoms with E-state index in [0.717, 1.165) is 43.4 Å². The number of nitrogen functional groups attached to an aromatic ring is 1. The second-order valence-corrected chi connectivity index (χ2v) is 16.3. The van der Waals surface area contributed by atoms with E-state index >= 15 is 0 Å². The Morgan fingerprint density at radius 3 is 1.97 bits per heavy atom. The van der Waals surface area contributed by atoms with Crippen molar-refractivity contribution >= 4 is 35.2 Å².